The molecule has 2 heterocycles. The lowest BCUT2D eigenvalue weighted by Gasteiger charge is -2.26. The Bertz CT molecular complexity index is 617. The van der Waals surface area contributed by atoms with E-state index < -0.39 is 17.9 Å². The molecule has 9 heteroatoms. The molecule has 0 aliphatic carbocycles. The Morgan fingerprint density at radius 3 is 2.77 bits per heavy atom. The summed E-state index contributed by atoms with van der Waals surface area (Å²) in [4.78, 5) is 37.3. The highest BCUT2D eigenvalue weighted by Gasteiger charge is 2.29. The smallest absolute Gasteiger partial charge is 0.410 e. The first-order valence-electron chi connectivity index (χ1n) is 6.69. The van der Waals surface area contributed by atoms with Gasteiger partial charge >= 0.3 is 6.09 Å². The summed E-state index contributed by atoms with van der Waals surface area (Å²) >= 11 is 6.70. The molecule has 1 aromatic heterocycles. The Balaban J connectivity index is 2.29. The predicted molar refractivity (Wildman–Crippen MR) is 83.3 cm³/mol. The van der Waals surface area contributed by atoms with Crippen LogP contribution in [0, 0.1) is 0 Å². The molecule has 22 heavy (non-hydrogen) atoms. The first-order chi connectivity index (χ1) is 10.5. The van der Waals surface area contributed by atoms with Crippen molar-refractivity contribution in [3.05, 3.63) is 16.0 Å². The number of anilines is 1. The van der Waals surface area contributed by atoms with Crippen LogP contribution in [-0.2, 0) is 22.5 Å². The Labute approximate surface area is 136 Å². The number of nitrogens with one attached hydrogen (secondary N) is 1. The van der Waals surface area contributed by atoms with Crippen LogP contribution >= 0.6 is 22.9 Å². The fraction of sp³-hybridized carbons (Fsp3) is 0.462. The molecule has 7 nitrogen and oxygen atoms in total. The van der Waals surface area contributed by atoms with Gasteiger partial charge in [-0.05, 0) is 18.9 Å². The average molecular weight is 346 g/mol. The number of amides is 3. The molecule has 3 N–H and O–H groups in total. The van der Waals surface area contributed by atoms with Gasteiger partial charge in [0.1, 0.15) is 10.9 Å². The summed E-state index contributed by atoms with van der Waals surface area (Å²) in [5.41, 5.74) is 6.51. The lowest BCUT2D eigenvalue weighted by atomic mass is 10.0. The molecule has 1 aliphatic rings. The van der Waals surface area contributed by atoms with Crippen LogP contribution < -0.4 is 11.1 Å². The molecule has 1 aromatic rings. The van der Waals surface area contributed by atoms with Gasteiger partial charge in [-0.2, -0.15) is 0 Å². The summed E-state index contributed by atoms with van der Waals surface area (Å²) in [6.45, 7) is 2.81. The molecule has 120 valence electrons. The molecule has 0 unspecified atom stereocenters. The van der Waals surface area contributed by atoms with Crippen molar-refractivity contribution in [2.75, 3.05) is 24.3 Å². The Hall–Kier alpha value is -1.80. The third kappa shape index (κ3) is 3.33. The molecule has 0 atom stereocenters. The molecule has 0 bridgehead atoms. The van der Waals surface area contributed by atoms with Crippen LogP contribution in [0.5, 0.6) is 0 Å². The Morgan fingerprint density at radius 1 is 1.45 bits per heavy atom. The lowest BCUT2D eigenvalue weighted by Crippen LogP contribution is -2.36. The first kappa shape index (κ1) is 16.6. The van der Waals surface area contributed by atoms with E-state index in [1.807, 2.05) is 0 Å². The third-order valence-corrected chi connectivity index (χ3v) is 4.58. The maximum absolute atomic E-state index is 11.8. The number of ether oxygens (including phenoxy) is 1. The molecule has 1 aliphatic heterocycles. The molecule has 0 radical (unpaired) electrons. The van der Waals surface area contributed by atoms with Crippen molar-refractivity contribution < 1.29 is 19.1 Å². The predicted octanol–water partition coefficient (Wildman–Crippen LogP) is 1.54. The van der Waals surface area contributed by atoms with E-state index in [1.165, 1.54) is 11.3 Å². The summed E-state index contributed by atoms with van der Waals surface area (Å²) in [6, 6.07) is 0. The van der Waals surface area contributed by atoms with Crippen molar-refractivity contribution >= 4 is 45.8 Å². The van der Waals surface area contributed by atoms with E-state index >= 15 is 0 Å². The molecule has 0 saturated heterocycles. The minimum absolute atomic E-state index is 0.213. The second-order valence-corrected chi connectivity index (χ2v) is 6.00. The number of nitrogens with two attached hydrogens (primary N) is 1. The van der Waals surface area contributed by atoms with Gasteiger partial charge in [-0.25, -0.2) is 4.79 Å². The minimum Gasteiger partial charge on any atom is -0.450 e. The van der Waals surface area contributed by atoms with Crippen LogP contribution in [0.15, 0.2) is 0 Å². The van der Waals surface area contributed by atoms with Crippen molar-refractivity contribution in [1.82, 2.24) is 4.90 Å². The van der Waals surface area contributed by atoms with Gasteiger partial charge in [0.25, 0.3) is 5.91 Å². The molecule has 0 aromatic carbocycles. The standard InChI is InChI=1S/C13H16ClN3O4S/c1-2-21-13(20)17-4-3-7-8(6-17)22-12(10(7)11(15)19)16-9(18)5-14/h2-6H2,1H3,(H2,15,19)(H,16,18). The second kappa shape index (κ2) is 6.97. The van der Waals surface area contributed by atoms with Gasteiger partial charge in [0.15, 0.2) is 0 Å². The lowest BCUT2D eigenvalue weighted by molar-refractivity contribution is -0.113. The highest BCUT2D eigenvalue weighted by Crippen LogP contribution is 2.37. The zero-order valence-corrected chi connectivity index (χ0v) is 13.6. The van der Waals surface area contributed by atoms with Crippen molar-refractivity contribution in [3.63, 3.8) is 0 Å². The van der Waals surface area contributed by atoms with Gasteiger partial charge in [-0.15, -0.1) is 22.9 Å². The quantitative estimate of drug-likeness (QED) is 0.808. The average Bonchev–Trinajstić information content (AvgIpc) is 2.84. The van der Waals surface area contributed by atoms with Crippen LogP contribution in [0.3, 0.4) is 0 Å². The molecule has 0 spiro atoms. The highest BCUT2D eigenvalue weighted by molar-refractivity contribution is 7.17. The van der Waals surface area contributed by atoms with Gasteiger partial charge in [-0.1, -0.05) is 0 Å². The molecular weight excluding hydrogens is 330 g/mol. The number of alkyl halides is 1. The highest BCUT2D eigenvalue weighted by atomic mass is 35.5. The maximum Gasteiger partial charge on any atom is 0.410 e. The number of primary amides is 1. The van der Waals surface area contributed by atoms with Gasteiger partial charge in [0, 0.05) is 11.4 Å². The number of fused-ring (bicyclic) bond motifs is 1. The van der Waals surface area contributed by atoms with E-state index in [9.17, 15) is 14.4 Å². The van der Waals surface area contributed by atoms with Crippen LogP contribution in [0.4, 0.5) is 9.80 Å². The number of hydrogen-bond donors (Lipinski definition) is 2. The van der Waals surface area contributed by atoms with E-state index in [0.29, 0.717) is 36.7 Å². The minimum atomic E-state index is -0.605. The zero-order chi connectivity index (χ0) is 16.3. The van der Waals surface area contributed by atoms with Crippen molar-refractivity contribution in [2.24, 2.45) is 5.73 Å². The van der Waals surface area contributed by atoms with Crippen LogP contribution in [0.2, 0.25) is 0 Å². The number of halogens is 1. The SMILES string of the molecule is CCOC(=O)N1CCc2c(sc(NC(=O)CCl)c2C(N)=O)C1. The molecule has 0 saturated carbocycles. The van der Waals surface area contributed by atoms with Gasteiger partial charge in [0.2, 0.25) is 5.91 Å². The van der Waals surface area contributed by atoms with E-state index in [1.54, 1.807) is 11.8 Å². The molecule has 2 rings (SSSR count). The molecule has 3 amide bonds. The van der Waals surface area contributed by atoms with Crippen LogP contribution in [0.1, 0.15) is 27.7 Å². The van der Waals surface area contributed by atoms with Gasteiger partial charge < -0.3 is 20.7 Å². The molecular formula is C13H16ClN3O4S. The number of rotatable bonds is 4. The largest absolute Gasteiger partial charge is 0.450 e. The van der Waals surface area contributed by atoms with Crippen LogP contribution in [-0.4, -0.2) is 41.8 Å². The monoisotopic (exact) mass is 345 g/mol. The summed E-state index contributed by atoms with van der Waals surface area (Å²) in [5.74, 6) is -1.23. The summed E-state index contributed by atoms with van der Waals surface area (Å²) in [7, 11) is 0. The summed E-state index contributed by atoms with van der Waals surface area (Å²) in [5, 5.41) is 2.96. The fourth-order valence-corrected chi connectivity index (χ4v) is 3.63. The summed E-state index contributed by atoms with van der Waals surface area (Å²) < 4.78 is 4.98. The van der Waals surface area contributed by atoms with E-state index in [2.05, 4.69) is 5.32 Å². The van der Waals surface area contributed by atoms with Gasteiger partial charge in [0.05, 0.1) is 18.7 Å². The zero-order valence-electron chi connectivity index (χ0n) is 12.0. The van der Waals surface area contributed by atoms with E-state index in [-0.39, 0.29) is 5.88 Å². The second-order valence-electron chi connectivity index (χ2n) is 4.62. The number of thiophene rings is 1. The van der Waals surface area contributed by atoms with Crippen LogP contribution in [0.25, 0.3) is 0 Å². The number of carbonyl (C=O) groups excluding carboxylic acids is 3. The summed E-state index contributed by atoms with van der Waals surface area (Å²) in [6.07, 6.45) is 0.0909. The van der Waals surface area contributed by atoms with E-state index in [4.69, 9.17) is 22.1 Å². The number of hydrogen-bond acceptors (Lipinski definition) is 5. The first-order valence-corrected chi connectivity index (χ1v) is 8.04. The topological polar surface area (TPSA) is 102 Å². The van der Waals surface area contributed by atoms with Crippen molar-refractivity contribution in [3.8, 4) is 0 Å². The number of nitrogens with zero attached hydrogens (tertiary/aromatic N) is 1. The maximum atomic E-state index is 11.8. The third-order valence-electron chi connectivity index (χ3n) is 3.20. The van der Waals surface area contributed by atoms with Gasteiger partial charge in [-0.3, -0.25) is 9.59 Å². The number of carbonyl (C=O) groups is 3. The van der Waals surface area contributed by atoms with Crippen molar-refractivity contribution in [1.29, 1.82) is 0 Å². The Kier molecular flexibility index (Phi) is 5.25. The Morgan fingerprint density at radius 2 is 2.18 bits per heavy atom. The van der Waals surface area contributed by atoms with Crippen molar-refractivity contribution in [2.45, 2.75) is 19.9 Å². The molecule has 0 fully saturated rings. The normalized spacial score (nSPS) is 13.5. The van der Waals surface area contributed by atoms with E-state index in [0.717, 1.165) is 10.4 Å². The fourth-order valence-electron chi connectivity index (χ4n) is 2.28.